The van der Waals surface area contributed by atoms with Gasteiger partial charge in [-0.2, -0.15) is 4.98 Å². The van der Waals surface area contributed by atoms with Gasteiger partial charge in [-0.25, -0.2) is 4.98 Å². The molecular weight excluding hydrogens is 280 g/mol. The van der Waals surface area contributed by atoms with E-state index in [0.29, 0.717) is 17.5 Å². The summed E-state index contributed by atoms with van der Waals surface area (Å²) in [4.78, 5) is 13.3. The molecule has 0 atom stereocenters. The molecule has 1 N–H and O–H groups in total. The van der Waals surface area contributed by atoms with Crippen molar-refractivity contribution in [3.05, 3.63) is 35.4 Å². The van der Waals surface area contributed by atoms with Gasteiger partial charge in [0.1, 0.15) is 0 Å². The van der Waals surface area contributed by atoms with Crippen LogP contribution in [0.2, 0.25) is 0 Å². The Bertz CT molecular complexity index is 834. The maximum absolute atomic E-state index is 5.40. The van der Waals surface area contributed by atoms with Crippen molar-refractivity contribution in [2.75, 3.05) is 6.54 Å². The van der Waals surface area contributed by atoms with Crippen molar-refractivity contribution in [1.82, 2.24) is 30.0 Å². The molecule has 0 aliphatic carbocycles. The van der Waals surface area contributed by atoms with E-state index in [4.69, 9.17) is 4.52 Å². The van der Waals surface area contributed by atoms with Crippen molar-refractivity contribution in [3.8, 4) is 23.1 Å². The average molecular weight is 296 g/mol. The van der Waals surface area contributed by atoms with Crippen LogP contribution in [0.15, 0.2) is 23.1 Å². The Balaban J connectivity index is 1.83. The first-order valence-corrected chi connectivity index (χ1v) is 7.24. The van der Waals surface area contributed by atoms with Crippen LogP contribution in [0.25, 0.3) is 23.1 Å². The van der Waals surface area contributed by atoms with Crippen LogP contribution in [0.4, 0.5) is 0 Å². The first-order chi connectivity index (χ1) is 10.7. The lowest BCUT2D eigenvalue weighted by Crippen LogP contribution is -2.24. The second kappa shape index (κ2) is 5.03. The van der Waals surface area contributed by atoms with E-state index in [0.717, 1.165) is 30.8 Å². The van der Waals surface area contributed by atoms with E-state index >= 15 is 0 Å². The highest BCUT2D eigenvalue weighted by Crippen LogP contribution is 2.29. The van der Waals surface area contributed by atoms with Gasteiger partial charge >= 0.3 is 0 Å². The topological polar surface area (TPSA) is 81.7 Å². The summed E-state index contributed by atoms with van der Waals surface area (Å²) in [5.74, 6) is 1.67. The van der Waals surface area contributed by atoms with Gasteiger partial charge in [0.05, 0.1) is 0 Å². The smallest absolute Gasteiger partial charge is 0.294 e. The molecule has 0 spiro atoms. The van der Waals surface area contributed by atoms with Crippen LogP contribution in [-0.4, -0.2) is 31.2 Å². The molecule has 4 rings (SSSR count). The average Bonchev–Trinajstić information content (AvgIpc) is 3.16. The molecule has 0 radical (unpaired) electrons. The number of nitrogens with one attached hydrogen (secondary N) is 1. The summed E-state index contributed by atoms with van der Waals surface area (Å²) < 4.78 is 7.26. The van der Waals surface area contributed by atoms with Crippen LogP contribution < -0.4 is 5.32 Å². The van der Waals surface area contributed by atoms with Crippen LogP contribution in [0.3, 0.4) is 0 Å². The summed E-state index contributed by atoms with van der Waals surface area (Å²) >= 11 is 0. The highest BCUT2D eigenvalue weighted by molar-refractivity contribution is 5.66. The summed E-state index contributed by atoms with van der Waals surface area (Å²) in [7, 11) is 1.90. The number of pyridine rings is 1. The normalized spacial score (nSPS) is 14.1. The first-order valence-electron chi connectivity index (χ1n) is 7.24. The molecule has 0 saturated heterocycles. The largest absolute Gasteiger partial charge is 0.330 e. The van der Waals surface area contributed by atoms with Crippen molar-refractivity contribution < 1.29 is 4.52 Å². The lowest BCUT2D eigenvalue weighted by molar-refractivity contribution is 0.428. The third-order valence-electron chi connectivity index (χ3n) is 3.99. The highest BCUT2D eigenvalue weighted by Gasteiger charge is 2.22. The molecule has 7 nitrogen and oxygen atoms in total. The minimum atomic E-state index is 0.424. The van der Waals surface area contributed by atoms with Gasteiger partial charge in [-0.15, -0.1) is 0 Å². The second-order valence-electron chi connectivity index (χ2n) is 5.43. The summed E-state index contributed by atoms with van der Waals surface area (Å²) in [6, 6.07) is 0. The van der Waals surface area contributed by atoms with E-state index in [1.54, 1.807) is 6.20 Å². The van der Waals surface area contributed by atoms with Gasteiger partial charge in [-0.1, -0.05) is 5.16 Å². The molecule has 0 fully saturated rings. The standard InChI is InChI=1S/C15H16N6O/c1-9-12(11-3-4-16-7-10(11)8-18-9)13-19-15(22-20-13)14-17-5-6-21(14)2/h5-6,8,16H,3-4,7H2,1-2H3. The van der Waals surface area contributed by atoms with Crippen LogP contribution in [0, 0.1) is 6.92 Å². The van der Waals surface area contributed by atoms with Crippen LogP contribution in [0.5, 0.6) is 0 Å². The fourth-order valence-electron chi connectivity index (χ4n) is 2.85. The number of rotatable bonds is 2. The quantitative estimate of drug-likeness (QED) is 0.771. The van der Waals surface area contributed by atoms with Gasteiger partial charge in [0.15, 0.2) is 5.82 Å². The molecule has 3 aromatic rings. The zero-order valence-corrected chi connectivity index (χ0v) is 12.5. The number of hydrogen-bond acceptors (Lipinski definition) is 6. The molecule has 1 aliphatic rings. The molecule has 0 bridgehead atoms. The van der Waals surface area contributed by atoms with Crippen LogP contribution >= 0.6 is 0 Å². The fraction of sp³-hybridized carbons (Fsp3) is 0.333. The Morgan fingerprint density at radius 3 is 3.05 bits per heavy atom. The molecule has 3 aromatic heterocycles. The molecule has 0 unspecified atom stereocenters. The number of aryl methyl sites for hydroxylation is 2. The second-order valence-corrected chi connectivity index (χ2v) is 5.43. The highest BCUT2D eigenvalue weighted by atomic mass is 16.5. The number of aromatic nitrogens is 5. The number of fused-ring (bicyclic) bond motifs is 1. The zero-order valence-electron chi connectivity index (χ0n) is 12.5. The number of hydrogen-bond donors (Lipinski definition) is 1. The third kappa shape index (κ3) is 2.01. The molecule has 0 amide bonds. The van der Waals surface area contributed by atoms with Crippen molar-refractivity contribution >= 4 is 0 Å². The lowest BCUT2D eigenvalue weighted by atomic mass is 9.95. The predicted octanol–water partition coefficient (Wildman–Crippen LogP) is 1.49. The molecule has 112 valence electrons. The van der Waals surface area contributed by atoms with E-state index < -0.39 is 0 Å². The van der Waals surface area contributed by atoms with E-state index in [-0.39, 0.29) is 0 Å². The third-order valence-corrected chi connectivity index (χ3v) is 3.99. The maximum Gasteiger partial charge on any atom is 0.294 e. The van der Waals surface area contributed by atoms with Crippen molar-refractivity contribution in [2.24, 2.45) is 7.05 Å². The molecule has 0 aromatic carbocycles. The van der Waals surface area contributed by atoms with Gasteiger partial charge in [-0.05, 0) is 31.0 Å². The molecule has 4 heterocycles. The van der Waals surface area contributed by atoms with Crippen LogP contribution in [-0.2, 0) is 20.0 Å². The predicted molar refractivity (Wildman–Crippen MR) is 79.9 cm³/mol. The molecule has 7 heteroatoms. The van der Waals surface area contributed by atoms with Gasteiger partial charge in [-0.3, -0.25) is 4.98 Å². The van der Waals surface area contributed by atoms with Crippen molar-refractivity contribution in [2.45, 2.75) is 19.9 Å². The first kappa shape index (κ1) is 13.1. The van der Waals surface area contributed by atoms with E-state index in [9.17, 15) is 0 Å². The van der Waals surface area contributed by atoms with Crippen molar-refractivity contribution in [1.29, 1.82) is 0 Å². The maximum atomic E-state index is 5.40. The molecule has 0 saturated carbocycles. The van der Waals surface area contributed by atoms with E-state index in [2.05, 4.69) is 25.4 Å². The Labute approximate surface area is 127 Å². The minimum Gasteiger partial charge on any atom is -0.330 e. The Hall–Kier alpha value is -2.54. The number of imidazole rings is 1. The SMILES string of the molecule is Cc1ncc2c(c1-c1noc(-c3nccn3C)n1)CCNC2. The summed E-state index contributed by atoms with van der Waals surface area (Å²) in [5.41, 5.74) is 4.38. The molecule has 22 heavy (non-hydrogen) atoms. The Morgan fingerprint density at radius 1 is 1.32 bits per heavy atom. The minimum absolute atomic E-state index is 0.424. The van der Waals surface area contributed by atoms with Gasteiger partial charge in [0.25, 0.3) is 5.89 Å². The van der Waals surface area contributed by atoms with E-state index in [1.807, 2.05) is 30.9 Å². The van der Waals surface area contributed by atoms with Gasteiger partial charge in [0.2, 0.25) is 5.82 Å². The lowest BCUT2D eigenvalue weighted by Gasteiger charge is -2.19. The number of nitrogens with zero attached hydrogens (tertiary/aromatic N) is 5. The summed E-state index contributed by atoms with van der Waals surface area (Å²) in [6.45, 7) is 3.77. The van der Waals surface area contributed by atoms with Gasteiger partial charge < -0.3 is 14.4 Å². The Kier molecular flexibility index (Phi) is 3.00. The molecule has 1 aliphatic heterocycles. The van der Waals surface area contributed by atoms with E-state index in [1.165, 1.54) is 11.1 Å². The molecular formula is C15H16N6O. The summed E-state index contributed by atoms with van der Waals surface area (Å²) in [5, 5.41) is 7.51. The van der Waals surface area contributed by atoms with Crippen molar-refractivity contribution in [3.63, 3.8) is 0 Å². The summed E-state index contributed by atoms with van der Waals surface area (Å²) in [6.07, 6.45) is 6.44. The van der Waals surface area contributed by atoms with Crippen LogP contribution in [0.1, 0.15) is 16.8 Å². The fourth-order valence-corrected chi connectivity index (χ4v) is 2.85. The zero-order chi connectivity index (χ0) is 15.1. The van der Waals surface area contributed by atoms with Gasteiger partial charge in [0, 0.05) is 43.4 Å². The monoisotopic (exact) mass is 296 g/mol. The Morgan fingerprint density at radius 2 is 2.23 bits per heavy atom.